The summed E-state index contributed by atoms with van der Waals surface area (Å²) in [6.45, 7) is 2.03. The van der Waals surface area contributed by atoms with Crippen molar-refractivity contribution >= 4 is 11.9 Å². The zero-order valence-electron chi connectivity index (χ0n) is 9.86. The highest BCUT2D eigenvalue weighted by molar-refractivity contribution is 6.09. The molecule has 1 spiro atoms. The molecule has 1 aromatic rings. The molecule has 1 aliphatic heterocycles. The van der Waals surface area contributed by atoms with E-state index in [1.54, 1.807) is 0 Å². The van der Waals surface area contributed by atoms with Gasteiger partial charge in [0, 0.05) is 13.0 Å². The van der Waals surface area contributed by atoms with Crippen molar-refractivity contribution in [2.75, 3.05) is 7.05 Å². The third-order valence-corrected chi connectivity index (χ3v) is 3.76. The molecule has 2 atom stereocenters. The lowest BCUT2D eigenvalue weighted by Gasteiger charge is -2.07. The molecule has 2 aliphatic rings. The van der Waals surface area contributed by atoms with E-state index in [4.69, 9.17) is 0 Å². The Morgan fingerprint density at radius 1 is 1.29 bits per heavy atom. The fourth-order valence-corrected chi connectivity index (χ4v) is 2.56. The summed E-state index contributed by atoms with van der Waals surface area (Å²) in [6.07, 6.45) is 0.713. The van der Waals surface area contributed by atoms with Crippen LogP contribution in [0.5, 0.6) is 0 Å². The first-order valence-corrected chi connectivity index (χ1v) is 5.71. The van der Waals surface area contributed by atoms with Crippen LogP contribution in [0.2, 0.25) is 0 Å². The van der Waals surface area contributed by atoms with E-state index < -0.39 is 5.54 Å². The highest BCUT2D eigenvalue weighted by Crippen LogP contribution is 2.54. The van der Waals surface area contributed by atoms with E-state index in [9.17, 15) is 9.59 Å². The summed E-state index contributed by atoms with van der Waals surface area (Å²) in [5.41, 5.74) is 1.67. The molecule has 1 saturated heterocycles. The van der Waals surface area contributed by atoms with Crippen LogP contribution in [-0.4, -0.2) is 29.4 Å². The fraction of sp³-hybridized carbons (Fsp3) is 0.385. The minimum Gasteiger partial charge on any atom is -0.322 e. The Morgan fingerprint density at radius 3 is 2.47 bits per heavy atom. The number of urea groups is 1. The minimum absolute atomic E-state index is 0.104. The number of rotatable bonds is 1. The number of amides is 3. The Labute approximate surface area is 99.6 Å². The maximum absolute atomic E-state index is 12.0. The van der Waals surface area contributed by atoms with Gasteiger partial charge in [-0.1, -0.05) is 29.8 Å². The molecular formula is C13H14N2O2. The second-order valence-electron chi connectivity index (χ2n) is 4.93. The normalized spacial score (nSPS) is 30.9. The number of carbonyl (C=O) groups excluding carboxylic acids is 2. The van der Waals surface area contributed by atoms with Gasteiger partial charge in [0.1, 0.15) is 5.54 Å². The Kier molecular flexibility index (Phi) is 1.88. The van der Waals surface area contributed by atoms with Crippen LogP contribution in [0, 0.1) is 6.92 Å². The molecule has 2 unspecified atom stereocenters. The molecule has 1 heterocycles. The number of imide groups is 1. The maximum atomic E-state index is 12.0. The predicted octanol–water partition coefficient (Wildman–Crippen LogP) is 1.40. The largest absolute Gasteiger partial charge is 0.324 e. The van der Waals surface area contributed by atoms with Crippen molar-refractivity contribution in [2.24, 2.45) is 0 Å². The number of hydrogen-bond acceptors (Lipinski definition) is 2. The number of hydrogen-bond donors (Lipinski definition) is 1. The summed E-state index contributed by atoms with van der Waals surface area (Å²) >= 11 is 0. The van der Waals surface area contributed by atoms with Crippen LogP contribution in [0.3, 0.4) is 0 Å². The van der Waals surface area contributed by atoms with Crippen molar-refractivity contribution in [1.29, 1.82) is 0 Å². The average molecular weight is 230 g/mol. The lowest BCUT2D eigenvalue weighted by atomic mass is 10.0. The fourth-order valence-electron chi connectivity index (χ4n) is 2.56. The van der Waals surface area contributed by atoms with E-state index in [-0.39, 0.29) is 17.9 Å². The van der Waals surface area contributed by atoms with Gasteiger partial charge in [0.05, 0.1) is 0 Å². The molecule has 2 fully saturated rings. The van der Waals surface area contributed by atoms with Gasteiger partial charge in [-0.15, -0.1) is 0 Å². The maximum Gasteiger partial charge on any atom is 0.324 e. The van der Waals surface area contributed by atoms with Crippen LogP contribution >= 0.6 is 0 Å². The number of likely N-dealkylation sites (N-methyl/N-ethyl adjacent to an activating group) is 1. The van der Waals surface area contributed by atoms with Crippen molar-refractivity contribution in [3.8, 4) is 0 Å². The second kappa shape index (κ2) is 3.09. The first-order chi connectivity index (χ1) is 8.04. The predicted molar refractivity (Wildman–Crippen MR) is 62.6 cm³/mol. The van der Waals surface area contributed by atoms with Crippen molar-refractivity contribution in [3.05, 3.63) is 35.4 Å². The topological polar surface area (TPSA) is 49.4 Å². The summed E-state index contributed by atoms with van der Waals surface area (Å²) in [7, 11) is 1.52. The van der Waals surface area contributed by atoms with E-state index in [2.05, 4.69) is 5.32 Å². The van der Waals surface area contributed by atoms with Gasteiger partial charge in [-0.2, -0.15) is 0 Å². The highest BCUT2D eigenvalue weighted by Gasteiger charge is 2.66. The first kappa shape index (κ1) is 10.3. The Balaban J connectivity index is 1.89. The first-order valence-electron chi connectivity index (χ1n) is 5.71. The van der Waals surface area contributed by atoms with Gasteiger partial charge in [-0.25, -0.2) is 4.79 Å². The third-order valence-electron chi connectivity index (χ3n) is 3.76. The number of nitrogens with one attached hydrogen (secondary N) is 1. The van der Waals surface area contributed by atoms with Gasteiger partial charge < -0.3 is 5.32 Å². The lowest BCUT2D eigenvalue weighted by Crippen LogP contribution is -2.33. The molecule has 0 aromatic heterocycles. The zero-order valence-corrected chi connectivity index (χ0v) is 9.86. The molecule has 1 aliphatic carbocycles. The zero-order chi connectivity index (χ0) is 12.2. The van der Waals surface area contributed by atoms with Crippen LogP contribution in [0.4, 0.5) is 4.79 Å². The van der Waals surface area contributed by atoms with Crippen LogP contribution in [0.1, 0.15) is 23.5 Å². The third kappa shape index (κ3) is 1.30. The number of nitrogens with zero attached hydrogens (tertiary/aromatic N) is 1. The van der Waals surface area contributed by atoms with Gasteiger partial charge >= 0.3 is 6.03 Å². The van der Waals surface area contributed by atoms with Crippen LogP contribution in [0.15, 0.2) is 24.3 Å². The summed E-state index contributed by atoms with van der Waals surface area (Å²) in [6, 6.07) is 7.85. The molecule has 4 heteroatoms. The minimum atomic E-state index is -0.652. The molecule has 3 amide bonds. The Hall–Kier alpha value is -1.84. The van der Waals surface area contributed by atoms with Crippen LogP contribution in [-0.2, 0) is 4.79 Å². The van der Waals surface area contributed by atoms with E-state index in [0.29, 0.717) is 6.42 Å². The molecule has 0 bridgehead atoms. The second-order valence-corrected chi connectivity index (χ2v) is 4.93. The van der Waals surface area contributed by atoms with E-state index >= 15 is 0 Å². The van der Waals surface area contributed by atoms with Gasteiger partial charge in [-0.05, 0) is 18.9 Å². The van der Waals surface area contributed by atoms with Crippen molar-refractivity contribution in [1.82, 2.24) is 10.2 Å². The molecule has 0 radical (unpaired) electrons. The van der Waals surface area contributed by atoms with Gasteiger partial charge in [0.15, 0.2) is 0 Å². The smallest absolute Gasteiger partial charge is 0.322 e. The monoisotopic (exact) mass is 230 g/mol. The van der Waals surface area contributed by atoms with E-state index in [0.717, 1.165) is 5.56 Å². The molecule has 1 saturated carbocycles. The van der Waals surface area contributed by atoms with Crippen LogP contribution in [0.25, 0.3) is 0 Å². The summed E-state index contributed by atoms with van der Waals surface area (Å²) in [4.78, 5) is 24.6. The van der Waals surface area contributed by atoms with Crippen LogP contribution < -0.4 is 5.32 Å². The Bertz CT molecular complexity index is 509. The molecule has 4 nitrogen and oxygen atoms in total. The molecule has 17 heavy (non-hydrogen) atoms. The molecule has 1 N–H and O–H groups in total. The highest BCUT2D eigenvalue weighted by atomic mass is 16.2. The number of carbonyl (C=O) groups is 2. The van der Waals surface area contributed by atoms with Crippen molar-refractivity contribution in [3.63, 3.8) is 0 Å². The number of benzene rings is 1. The summed E-state index contributed by atoms with van der Waals surface area (Å²) < 4.78 is 0. The standard InChI is InChI=1S/C13H14N2O2/c1-8-3-5-9(6-4-8)10-7-13(10)11(16)15(2)12(17)14-13/h3-6,10H,7H2,1-2H3,(H,14,17). The van der Waals surface area contributed by atoms with E-state index in [1.807, 2.05) is 31.2 Å². The summed E-state index contributed by atoms with van der Waals surface area (Å²) in [5, 5.41) is 2.80. The van der Waals surface area contributed by atoms with Crippen molar-refractivity contribution in [2.45, 2.75) is 24.8 Å². The quantitative estimate of drug-likeness (QED) is 0.741. The van der Waals surface area contributed by atoms with Gasteiger partial charge in [0.2, 0.25) is 0 Å². The molecular weight excluding hydrogens is 216 g/mol. The Morgan fingerprint density at radius 2 is 1.94 bits per heavy atom. The lowest BCUT2D eigenvalue weighted by molar-refractivity contribution is -0.127. The molecule has 1 aromatic carbocycles. The van der Waals surface area contributed by atoms with Gasteiger partial charge in [0.25, 0.3) is 5.91 Å². The summed E-state index contributed by atoms with van der Waals surface area (Å²) in [5.74, 6) is 0.0255. The molecule has 3 rings (SSSR count). The average Bonchev–Trinajstić information content (AvgIpc) is 2.99. The number of aryl methyl sites for hydroxylation is 1. The molecule has 88 valence electrons. The SMILES string of the molecule is Cc1ccc(C2CC23NC(=O)N(C)C3=O)cc1. The van der Waals surface area contributed by atoms with Crippen molar-refractivity contribution < 1.29 is 9.59 Å². The van der Waals surface area contributed by atoms with E-state index in [1.165, 1.54) is 17.5 Å². The van der Waals surface area contributed by atoms with Gasteiger partial charge in [-0.3, -0.25) is 9.69 Å².